The predicted molar refractivity (Wildman–Crippen MR) is 271 cm³/mol. The molecule has 0 aliphatic carbocycles. The quantitative estimate of drug-likeness (QED) is 0.0791. The molecule has 5 aromatic carbocycles. The number of likely N-dealkylation sites (N-methyl/N-ethyl adjacent to an activating group) is 1. The molecule has 2 atom stereocenters. The van der Waals surface area contributed by atoms with Gasteiger partial charge >= 0.3 is 0 Å². The van der Waals surface area contributed by atoms with Crippen molar-refractivity contribution in [2.24, 2.45) is 4.99 Å². The van der Waals surface area contributed by atoms with Gasteiger partial charge in [0.15, 0.2) is 23.0 Å². The molecule has 0 saturated heterocycles. The van der Waals surface area contributed by atoms with Gasteiger partial charge in [-0.25, -0.2) is 0 Å². The first kappa shape index (κ1) is 50.6. The average Bonchev–Trinajstić information content (AvgIpc) is 3.87. The van der Waals surface area contributed by atoms with E-state index in [1.54, 1.807) is 37.3 Å². The minimum Gasteiger partial charge on any atom is -0.493 e. The summed E-state index contributed by atoms with van der Waals surface area (Å²) < 4.78 is 24.2. The predicted octanol–water partition coefficient (Wildman–Crippen LogP) is 5.77. The van der Waals surface area contributed by atoms with Crippen molar-refractivity contribution in [2.45, 2.75) is 58.9 Å². The summed E-state index contributed by atoms with van der Waals surface area (Å²) in [5, 5.41) is 13.9. The molecule has 18 nitrogen and oxygen atoms in total. The van der Waals surface area contributed by atoms with Crippen molar-refractivity contribution in [1.82, 2.24) is 16.0 Å². The van der Waals surface area contributed by atoms with Gasteiger partial charge < -0.3 is 55.2 Å². The highest BCUT2D eigenvalue weighted by molar-refractivity contribution is 6.15. The Bertz CT molecular complexity index is 2850. The van der Waals surface area contributed by atoms with E-state index in [1.165, 1.54) is 14.0 Å². The number of carbonyl (C=O) groups excluding carboxylic acids is 6. The lowest BCUT2D eigenvalue weighted by Crippen LogP contribution is -2.39. The Morgan fingerprint density at radius 2 is 1.34 bits per heavy atom. The van der Waals surface area contributed by atoms with Gasteiger partial charge in [-0.15, -0.1) is 0 Å². The van der Waals surface area contributed by atoms with Crippen molar-refractivity contribution in [2.75, 3.05) is 67.9 Å². The van der Waals surface area contributed by atoms with E-state index < -0.39 is 0 Å². The van der Waals surface area contributed by atoms with E-state index in [9.17, 15) is 28.8 Å². The third-order valence-electron chi connectivity index (χ3n) is 11.8. The van der Waals surface area contributed by atoms with Crippen LogP contribution in [-0.4, -0.2) is 102 Å². The third-order valence-corrected chi connectivity index (χ3v) is 11.8. The highest BCUT2D eigenvalue weighted by Crippen LogP contribution is 2.43. The Kier molecular flexibility index (Phi) is 16.7. The van der Waals surface area contributed by atoms with E-state index in [2.05, 4.69) is 32.7 Å². The number of anilines is 4. The lowest BCUT2D eigenvalue weighted by molar-refractivity contribution is -0.125. The summed E-state index contributed by atoms with van der Waals surface area (Å²) in [6, 6.07) is 28.3. The number of amides is 5. The summed E-state index contributed by atoms with van der Waals surface area (Å²) in [5.41, 5.74) is 8.23. The third kappa shape index (κ3) is 11.6. The van der Waals surface area contributed by atoms with Crippen molar-refractivity contribution in [3.8, 4) is 23.0 Å². The van der Waals surface area contributed by atoms with Gasteiger partial charge in [-0.3, -0.25) is 33.9 Å². The molecule has 0 spiro atoms. The lowest BCUT2D eigenvalue weighted by Gasteiger charge is -2.22. The van der Waals surface area contributed by atoms with Crippen LogP contribution in [0.5, 0.6) is 23.0 Å². The van der Waals surface area contributed by atoms with Crippen molar-refractivity contribution in [1.29, 1.82) is 0 Å². The second-order valence-corrected chi connectivity index (χ2v) is 16.5. The fourth-order valence-electron chi connectivity index (χ4n) is 8.71. The van der Waals surface area contributed by atoms with Crippen molar-refractivity contribution in [3.05, 3.63) is 124 Å². The van der Waals surface area contributed by atoms with Gasteiger partial charge in [0.1, 0.15) is 19.5 Å². The Labute approximate surface area is 412 Å². The summed E-state index contributed by atoms with van der Waals surface area (Å²) in [7, 11) is 4.78. The summed E-state index contributed by atoms with van der Waals surface area (Å²) in [5.74, 6) is 0.587. The number of aldehydes is 1. The summed E-state index contributed by atoms with van der Waals surface area (Å²) in [4.78, 5) is 79.5. The molecule has 4 aliphatic rings. The molecular weight excluding hydrogens is 909 g/mol. The molecule has 4 heterocycles. The highest BCUT2D eigenvalue weighted by Gasteiger charge is 2.39. The second-order valence-electron chi connectivity index (χ2n) is 16.5. The van der Waals surface area contributed by atoms with Crippen molar-refractivity contribution in [3.63, 3.8) is 0 Å². The lowest BCUT2D eigenvalue weighted by atomic mass is 10.1. The van der Waals surface area contributed by atoms with E-state index in [0.717, 1.165) is 40.0 Å². The maximum atomic E-state index is 13.9. The van der Waals surface area contributed by atoms with Crippen molar-refractivity contribution < 1.29 is 47.7 Å². The number of hydrogen-bond acceptors (Lipinski definition) is 13. The van der Waals surface area contributed by atoms with Crippen LogP contribution in [0.15, 0.2) is 96.0 Å². The van der Waals surface area contributed by atoms with Crippen LogP contribution in [0, 0.1) is 0 Å². The molecule has 9 rings (SSSR count). The number of nitrogens with one attached hydrogen (secondary N) is 5. The number of para-hydroxylation sites is 2. The number of carbonyl (C=O) groups is 6. The molecule has 0 aromatic heterocycles. The molecule has 1 unspecified atom stereocenters. The molecule has 5 N–H and O–H groups in total. The minimum atomic E-state index is -0.368. The smallest absolute Gasteiger partial charge is 0.261 e. The Hall–Kier alpha value is -8.25. The molecule has 5 aromatic rings. The van der Waals surface area contributed by atoms with Gasteiger partial charge in [0.05, 0.1) is 68.4 Å². The van der Waals surface area contributed by atoms with Crippen molar-refractivity contribution >= 4 is 70.5 Å². The van der Waals surface area contributed by atoms with Crippen LogP contribution in [0.2, 0.25) is 0 Å². The molecular formula is C53H58N8O10. The van der Waals surface area contributed by atoms with E-state index in [0.29, 0.717) is 70.4 Å². The van der Waals surface area contributed by atoms with Crippen LogP contribution >= 0.6 is 0 Å². The van der Waals surface area contributed by atoms with Gasteiger partial charge in [0.25, 0.3) is 11.8 Å². The number of nitrogens with zero attached hydrogens (tertiary/aromatic N) is 3. The van der Waals surface area contributed by atoms with E-state index in [4.69, 9.17) is 23.9 Å². The zero-order chi connectivity index (χ0) is 50.6. The number of hydrogen-bond donors (Lipinski definition) is 5. The summed E-state index contributed by atoms with van der Waals surface area (Å²) in [6.45, 7) is 6.15. The maximum Gasteiger partial charge on any atom is 0.261 e. The molecule has 0 fully saturated rings. The first-order valence-electron chi connectivity index (χ1n) is 23.3. The van der Waals surface area contributed by atoms with Gasteiger partial charge in [-0.2, -0.15) is 0 Å². The molecule has 0 saturated carbocycles. The van der Waals surface area contributed by atoms with E-state index in [-0.39, 0.29) is 74.5 Å². The number of aliphatic imine (C=N–C) groups is 1. The zero-order valence-electron chi connectivity index (χ0n) is 40.6. The molecule has 4 aliphatic heterocycles. The first-order chi connectivity index (χ1) is 34.5. The number of fused-ring (bicyclic) bond motifs is 8. The fraction of sp³-hybridized carbons (Fsp3) is 0.302. The maximum absolute atomic E-state index is 13.9. The molecule has 5 amide bonds. The average molecular weight is 967 g/mol. The summed E-state index contributed by atoms with van der Waals surface area (Å²) in [6.07, 6.45) is 3.86. The summed E-state index contributed by atoms with van der Waals surface area (Å²) >= 11 is 0. The Morgan fingerprint density at radius 1 is 0.732 bits per heavy atom. The molecule has 0 bridgehead atoms. The normalized spacial score (nSPS) is 15.4. The Balaban J connectivity index is 0.000000506. The Morgan fingerprint density at radius 3 is 1.97 bits per heavy atom. The SMILES string of the molecule is CC.CC(=O)NCC(=O)NCC=O.CNCC(=O)Nc1cc(COc2cc3c(cc2OC)C(=O)N2c4ccccc4CC2C=N3)cc(COc2cc3c(cc2OC)C(=O)N2c4ccccc4C[C@H]2CN3)c1. The molecule has 18 heteroatoms. The first-order valence-corrected chi connectivity index (χ1v) is 23.3. The monoisotopic (exact) mass is 966 g/mol. The van der Waals surface area contributed by atoms with E-state index >= 15 is 0 Å². The molecule has 71 heavy (non-hydrogen) atoms. The number of rotatable bonds is 15. The van der Waals surface area contributed by atoms with E-state index in [1.807, 2.05) is 91.7 Å². The fourth-order valence-corrected chi connectivity index (χ4v) is 8.71. The standard InChI is InChI=1S/C45H42N6O7.C6H10N2O3.C2H6/c1-46-23-43(52)49-30-13-26(24-57-41-19-35-33(17-39(41)55-2)44(53)50-31(21-47-35)15-28-8-4-6-10-37(28)50)12-27(14-30)25-58-42-20-36-34(18-40(42)56-3)45(54)51-32(22-48-36)16-29-9-5-7-11-38(29)51;1-5(10)8-4-6(11)7-2-3-9;1-2/h4-14,17-21,31-32,46,48H,15-16,22-25H2,1-3H3,(H,49,52);3H,2,4H2,1H3,(H,7,11)(H,8,10);1-2H3/t31?,32-;;/m0../s1. The number of benzene rings is 5. The van der Waals surface area contributed by atoms with Gasteiger partial charge in [0.2, 0.25) is 17.7 Å². The molecule has 0 radical (unpaired) electrons. The largest absolute Gasteiger partial charge is 0.493 e. The van der Waals surface area contributed by atoms with Crippen LogP contribution in [0.4, 0.5) is 28.4 Å². The zero-order valence-corrected chi connectivity index (χ0v) is 40.6. The second kappa shape index (κ2) is 23.4. The number of methoxy groups -OCH3 is 2. The highest BCUT2D eigenvalue weighted by atomic mass is 16.5. The number of ether oxygens (including phenoxy) is 4. The van der Waals surface area contributed by atoms with Crippen LogP contribution in [0.3, 0.4) is 0 Å². The van der Waals surface area contributed by atoms with Gasteiger partial charge in [0, 0.05) is 55.3 Å². The van der Waals surface area contributed by atoms with Crippen LogP contribution in [0.25, 0.3) is 0 Å². The minimum absolute atomic E-state index is 0.00831. The molecule has 370 valence electrons. The van der Waals surface area contributed by atoms with Gasteiger partial charge in [-0.05, 0) is 78.2 Å². The topological polar surface area (TPSA) is 218 Å². The van der Waals surface area contributed by atoms with Crippen LogP contribution in [-0.2, 0) is 45.2 Å². The van der Waals surface area contributed by atoms with Crippen LogP contribution < -0.4 is 55.3 Å². The van der Waals surface area contributed by atoms with Gasteiger partial charge in [-0.1, -0.05) is 50.2 Å². The van der Waals surface area contributed by atoms with Crippen LogP contribution in [0.1, 0.15) is 63.7 Å².